The van der Waals surface area contributed by atoms with Crippen LogP contribution in [-0.2, 0) is 14.3 Å². The van der Waals surface area contributed by atoms with Crippen molar-refractivity contribution in [1.29, 1.82) is 0 Å². The Hall–Kier alpha value is -1.50. The predicted molar refractivity (Wildman–Crippen MR) is 45.6 cm³/mol. The summed E-state index contributed by atoms with van der Waals surface area (Å²) in [5.74, 6) is 1.17. The summed E-state index contributed by atoms with van der Waals surface area (Å²) in [6.07, 6.45) is 6.40. The summed E-state index contributed by atoms with van der Waals surface area (Å²) in [5, 5.41) is 0. The number of amides is 1. The third-order valence-corrected chi connectivity index (χ3v) is 2.11. The number of carbonyl (C=O) groups is 2. The maximum Gasteiger partial charge on any atom is 0.328 e. The Labute approximate surface area is 76.8 Å². The summed E-state index contributed by atoms with van der Waals surface area (Å²) in [6.45, 7) is 0.544. The molecule has 0 radical (unpaired) electrons. The van der Waals surface area contributed by atoms with Gasteiger partial charge >= 0.3 is 5.97 Å². The molecule has 1 heterocycles. The zero-order valence-electron chi connectivity index (χ0n) is 7.45. The van der Waals surface area contributed by atoms with E-state index >= 15 is 0 Å². The first-order valence-corrected chi connectivity index (χ1v) is 4.05. The predicted octanol–water partition coefficient (Wildman–Crippen LogP) is -0.216. The molecule has 0 bridgehead atoms. The van der Waals surface area contributed by atoms with Gasteiger partial charge in [-0.1, -0.05) is 0 Å². The minimum absolute atomic E-state index is 0.388. The molecule has 1 aliphatic heterocycles. The molecule has 0 N–H and O–H groups in total. The van der Waals surface area contributed by atoms with Gasteiger partial charge < -0.3 is 9.64 Å². The van der Waals surface area contributed by atoms with E-state index < -0.39 is 11.9 Å². The van der Waals surface area contributed by atoms with Crippen molar-refractivity contribution in [2.45, 2.75) is 18.9 Å². The smallest absolute Gasteiger partial charge is 0.328 e. The van der Waals surface area contributed by atoms with Crippen LogP contribution in [0.3, 0.4) is 0 Å². The van der Waals surface area contributed by atoms with Gasteiger partial charge in [0.05, 0.1) is 7.11 Å². The summed E-state index contributed by atoms with van der Waals surface area (Å²) in [7, 11) is 1.30. The summed E-state index contributed by atoms with van der Waals surface area (Å²) in [4.78, 5) is 23.7. The fourth-order valence-electron chi connectivity index (χ4n) is 1.47. The normalized spacial score (nSPS) is 20.9. The van der Waals surface area contributed by atoms with E-state index in [-0.39, 0.29) is 5.97 Å². The molecular weight excluding hydrogens is 170 g/mol. The number of carbonyl (C=O) groups excluding carboxylic acids is 2. The molecule has 1 fully saturated rings. The molecule has 1 amide bonds. The van der Waals surface area contributed by atoms with Crippen LogP contribution in [0.25, 0.3) is 0 Å². The molecule has 0 aromatic rings. The number of rotatable bonds is 1. The minimum atomic E-state index is -0.478. The number of esters is 1. The summed E-state index contributed by atoms with van der Waals surface area (Å²) in [6, 6.07) is -0.478. The van der Waals surface area contributed by atoms with Crippen LogP contribution in [0, 0.1) is 12.3 Å². The van der Waals surface area contributed by atoms with Crippen LogP contribution in [0.2, 0.25) is 0 Å². The zero-order valence-corrected chi connectivity index (χ0v) is 7.45. The highest BCUT2D eigenvalue weighted by Crippen LogP contribution is 2.17. The number of nitrogens with zero attached hydrogens (tertiary/aromatic N) is 1. The molecule has 0 spiro atoms. The van der Waals surface area contributed by atoms with Gasteiger partial charge in [-0.3, -0.25) is 4.79 Å². The van der Waals surface area contributed by atoms with Gasteiger partial charge in [0.25, 0.3) is 5.91 Å². The van der Waals surface area contributed by atoms with Crippen LogP contribution >= 0.6 is 0 Å². The van der Waals surface area contributed by atoms with E-state index in [4.69, 9.17) is 6.42 Å². The fourth-order valence-corrected chi connectivity index (χ4v) is 1.47. The van der Waals surface area contributed by atoms with E-state index in [1.54, 1.807) is 0 Å². The lowest BCUT2D eigenvalue weighted by Crippen LogP contribution is -2.40. The number of methoxy groups -OCH3 is 1. The maximum absolute atomic E-state index is 11.2. The van der Waals surface area contributed by atoms with Crippen LogP contribution in [-0.4, -0.2) is 36.5 Å². The summed E-state index contributed by atoms with van der Waals surface area (Å²) >= 11 is 0. The summed E-state index contributed by atoms with van der Waals surface area (Å²) < 4.78 is 4.56. The van der Waals surface area contributed by atoms with Gasteiger partial charge in [0.2, 0.25) is 0 Å². The second-order valence-corrected chi connectivity index (χ2v) is 2.82. The minimum Gasteiger partial charge on any atom is -0.467 e. The van der Waals surface area contributed by atoms with Crippen molar-refractivity contribution < 1.29 is 14.3 Å². The lowest BCUT2D eigenvalue weighted by molar-refractivity contribution is -0.149. The molecule has 0 unspecified atom stereocenters. The van der Waals surface area contributed by atoms with Crippen molar-refractivity contribution >= 4 is 11.9 Å². The first-order valence-electron chi connectivity index (χ1n) is 4.05. The Balaban J connectivity index is 2.70. The first-order chi connectivity index (χ1) is 6.20. The molecule has 4 heteroatoms. The van der Waals surface area contributed by atoms with Gasteiger partial charge in [-0.05, 0) is 18.8 Å². The first kappa shape index (κ1) is 9.59. The van der Waals surface area contributed by atoms with Crippen molar-refractivity contribution in [3.8, 4) is 12.3 Å². The van der Waals surface area contributed by atoms with Crippen molar-refractivity contribution in [3.05, 3.63) is 0 Å². The van der Waals surface area contributed by atoms with Gasteiger partial charge in [0, 0.05) is 6.54 Å². The Morgan fingerprint density at radius 2 is 2.31 bits per heavy atom. The molecule has 0 aromatic carbocycles. The number of hydrogen-bond acceptors (Lipinski definition) is 3. The SMILES string of the molecule is C#CC(=O)N1CCC[C@H]1C(=O)OC. The molecule has 1 aliphatic rings. The second-order valence-electron chi connectivity index (χ2n) is 2.82. The van der Waals surface area contributed by atoms with Crippen LogP contribution in [0.5, 0.6) is 0 Å². The fraction of sp³-hybridized carbons (Fsp3) is 0.556. The molecule has 70 valence electrons. The van der Waals surface area contributed by atoms with Crippen molar-refractivity contribution in [2.24, 2.45) is 0 Å². The number of hydrogen-bond donors (Lipinski definition) is 0. The van der Waals surface area contributed by atoms with Crippen molar-refractivity contribution in [3.63, 3.8) is 0 Å². The Morgan fingerprint density at radius 1 is 1.62 bits per heavy atom. The molecule has 13 heavy (non-hydrogen) atoms. The second kappa shape index (κ2) is 3.94. The standard InChI is InChI=1S/C9H11NO3/c1-3-8(11)10-6-4-5-7(10)9(12)13-2/h1,7H,4-6H2,2H3/t7-/m0/s1. The highest BCUT2D eigenvalue weighted by molar-refractivity contribution is 5.96. The number of terminal acetylenes is 1. The third-order valence-electron chi connectivity index (χ3n) is 2.11. The molecule has 1 saturated heterocycles. The lowest BCUT2D eigenvalue weighted by atomic mass is 10.2. The molecule has 1 rings (SSSR count). The topological polar surface area (TPSA) is 46.6 Å². The Bertz CT molecular complexity index is 267. The Morgan fingerprint density at radius 3 is 2.85 bits per heavy atom. The maximum atomic E-state index is 11.2. The van der Waals surface area contributed by atoms with E-state index in [1.807, 2.05) is 5.92 Å². The molecule has 4 nitrogen and oxygen atoms in total. The average molecular weight is 181 g/mol. The van der Waals surface area contributed by atoms with E-state index in [0.29, 0.717) is 13.0 Å². The van der Waals surface area contributed by atoms with E-state index in [1.165, 1.54) is 12.0 Å². The largest absolute Gasteiger partial charge is 0.467 e. The molecular formula is C9H11NO3. The molecule has 0 aromatic heterocycles. The van der Waals surface area contributed by atoms with Gasteiger partial charge in [-0.25, -0.2) is 4.79 Å². The van der Waals surface area contributed by atoms with Gasteiger partial charge in [-0.2, -0.15) is 0 Å². The third kappa shape index (κ3) is 1.81. The van der Waals surface area contributed by atoms with Crippen LogP contribution in [0.1, 0.15) is 12.8 Å². The van der Waals surface area contributed by atoms with Crippen LogP contribution in [0.15, 0.2) is 0 Å². The van der Waals surface area contributed by atoms with Crippen molar-refractivity contribution in [2.75, 3.05) is 13.7 Å². The van der Waals surface area contributed by atoms with E-state index in [2.05, 4.69) is 4.74 Å². The molecule has 0 aliphatic carbocycles. The van der Waals surface area contributed by atoms with Gasteiger partial charge in [0.15, 0.2) is 0 Å². The average Bonchev–Trinajstić information content (AvgIpc) is 2.63. The van der Waals surface area contributed by atoms with E-state index in [0.717, 1.165) is 6.42 Å². The van der Waals surface area contributed by atoms with Gasteiger partial charge in [-0.15, -0.1) is 6.42 Å². The number of ether oxygens (including phenoxy) is 1. The van der Waals surface area contributed by atoms with Crippen LogP contribution in [0.4, 0.5) is 0 Å². The highest BCUT2D eigenvalue weighted by atomic mass is 16.5. The van der Waals surface area contributed by atoms with Crippen molar-refractivity contribution in [1.82, 2.24) is 4.90 Å². The quantitative estimate of drug-likeness (QED) is 0.415. The Kier molecular flexibility index (Phi) is 2.91. The van der Waals surface area contributed by atoms with Gasteiger partial charge in [0.1, 0.15) is 6.04 Å². The highest BCUT2D eigenvalue weighted by Gasteiger charge is 2.33. The number of likely N-dealkylation sites (tertiary alicyclic amines) is 1. The molecule has 1 atom stereocenters. The molecule has 0 saturated carbocycles. The monoisotopic (exact) mass is 181 g/mol. The van der Waals surface area contributed by atoms with E-state index in [9.17, 15) is 9.59 Å². The lowest BCUT2D eigenvalue weighted by Gasteiger charge is -2.19. The van der Waals surface area contributed by atoms with Crippen LogP contribution < -0.4 is 0 Å². The summed E-state index contributed by atoms with van der Waals surface area (Å²) in [5.41, 5.74) is 0. The zero-order chi connectivity index (χ0) is 9.84.